The highest BCUT2D eigenvalue weighted by molar-refractivity contribution is 5.89. The number of nitrogens with zero attached hydrogens (tertiary/aromatic N) is 4. The molecule has 1 aliphatic heterocycles. The normalized spacial score (nSPS) is 18.6. The molecule has 7 nitrogen and oxygen atoms in total. The number of rotatable bonds is 6. The van der Waals surface area contributed by atoms with E-state index in [4.69, 9.17) is 0 Å². The Balaban J connectivity index is 1.37. The third-order valence-corrected chi connectivity index (χ3v) is 6.80. The number of piperazine rings is 1. The lowest BCUT2D eigenvalue weighted by atomic mass is 9.98. The number of pyridine rings is 1. The van der Waals surface area contributed by atoms with Crippen molar-refractivity contribution in [3.8, 4) is 11.3 Å². The van der Waals surface area contributed by atoms with E-state index in [2.05, 4.69) is 63.2 Å². The lowest BCUT2D eigenvalue weighted by Gasteiger charge is -2.36. The van der Waals surface area contributed by atoms with Crippen molar-refractivity contribution in [1.82, 2.24) is 30.2 Å². The van der Waals surface area contributed by atoms with Crippen LogP contribution in [-0.2, 0) is 6.54 Å². The van der Waals surface area contributed by atoms with Crippen LogP contribution < -0.4 is 10.6 Å². The summed E-state index contributed by atoms with van der Waals surface area (Å²) in [5, 5.41) is 7.33. The number of hydrogen-bond acceptors (Lipinski definition) is 6. The number of benzene rings is 1. The minimum absolute atomic E-state index is 0.0328. The molecule has 194 valence electrons. The molecule has 2 atom stereocenters. The first kappa shape index (κ1) is 25.2. The zero-order chi connectivity index (χ0) is 26.3. The third kappa shape index (κ3) is 5.33. The molecule has 1 saturated heterocycles. The SMILES string of the molecule is Cc1[nH]c2c(F)cc(-c3nc(Nc4ccc(CN5CC(C)NC(C)C5)cn4)ncc3F)cc2c1C(C)C. The first-order valence-electron chi connectivity index (χ1n) is 12.7. The molecule has 0 bridgehead atoms. The second kappa shape index (κ2) is 10.1. The van der Waals surface area contributed by atoms with Gasteiger partial charge in [-0.1, -0.05) is 19.9 Å². The Morgan fingerprint density at radius 3 is 2.49 bits per heavy atom. The molecule has 2 unspecified atom stereocenters. The number of aromatic nitrogens is 4. The van der Waals surface area contributed by atoms with Gasteiger partial charge in [-0.3, -0.25) is 4.90 Å². The van der Waals surface area contributed by atoms with Crippen LogP contribution in [0.5, 0.6) is 0 Å². The molecule has 4 heterocycles. The van der Waals surface area contributed by atoms with Gasteiger partial charge in [0.25, 0.3) is 0 Å². The van der Waals surface area contributed by atoms with Crippen LogP contribution in [-0.4, -0.2) is 50.0 Å². The molecule has 9 heteroatoms. The van der Waals surface area contributed by atoms with E-state index in [9.17, 15) is 8.78 Å². The molecule has 1 aliphatic rings. The van der Waals surface area contributed by atoms with Crippen LogP contribution in [0.1, 0.15) is 50.4 Å². The fourth-order valence-corrected chi connectivity index (χ4v) is 5.45. The van der Waals surface area contributed by atoms with Crippen LogP contribution >= 0.6 is 0 Å². The Kier molecular flexibility index (Phi) is 6.92. The molecule has 5 rings (SSSR count). The van der Waals surface area contributed by atoms with Gasteiger partial charge in [-0.2, -0.15) is 0 Å². The first-order valence-corrected chi connectivity index (χ1v) is 12.7. The van der Waals surface area contributed by atoms with Gasteiger partial charge in [0.15, 0.2) is 5.82 Å². The smallest absolute Gasteiger partial charge is 0.229 e. The third-order valence-electron chi connectivity index (χ3n) is 6.80. The Hall–Kier alpha value is -3.43. The predicted octanol–water partition coefficient (Wildman–Crippen LogP) is 5.66. The number of anilines is 2. The molecule has 0 spiro atoms. The topological polar surface area (TPSA) is 81.8 Å². The highest BCUT2D eigenvalue weighted by Gasteiger charge is 2.21. The van der Waals surface area contributed by atoms with Gasteiger partial charge >= 0.3 is 0 Å². The minimum Gasteiger partial charge on any atom is -0.356 e. The van der Waals surface area contributed by atoms with E-state index in [1.165, 1.54) is 6.07 Å². The Bertz CT molecular complexity index is 1400. The molecule has 3 aromatic heterocycles. The van der Waals surface area contributed by atoms with Crippen molar-refractivity contribution in [2.45, 2.75) is 59.2 Å². The van der Waals surface area contributed by atoms with Gasteiger partial charge in [-0.25, -0.2) is 23.7 Å². The number of nitrogens with one attached hydrogen (secondary N) is 3. The summed E-state index contributed by atoms with van der Waals surface area (Å²) in [6.45, 7) is 13.2. The fourth-order valence-electron chi connectivity index (χ4n) is 5.45. The van der Waals surface area contributed by atoms with Crippen LogP contribution in [0.4, 0.5) is 20.5 Å². The highest BCUT2D eigenvalue weighted by atomic mass is 19.1. The molecule has 1 fully saturated rings. The number of aryl methyl sites for hydroxylation is 1. The van der Waals surface area contributed by atoms with Crippen molar-refractivity contribution in [2.75, 3.05) is 18.4 Å². The summed E-state index contributed by atoms with van der Waals surface area (Å²) in [5.74, 6) is -0.140. The van der Waals surface area contributed by atoms with Crippen molar-refractivity contribution >= 4 is 22.7 Å². The molecule has 4 aromatic rings. The van der Waals surface area contributed by atoms with E-state index in [-0.39, 0.29) is 17.6 Å². The standard InChI is InChI=1S/C28H33F2N7/c1-15(2)25-18(5)34-27-21(25)8-20(9-22(27)29)26-23(30)11-32-28(36-26)35-24-7-6-19(10-31-24)14-37-12-16(3)33-17(4)13-37/h6-11,15-17,33-34H,12-14H2,1-5H3,(H,31,32,35,36). The summed E-state index contributed by atoms with van der Waals surface area (Å²) in [6.07, 6.45) is 2.93. The summed E-state index contributed by atoms with van der Waals surface area (Å²) < 4.78 is 29.8. The lowest BCUT2D eigenvalue weighted by molar-refractivity contribution is 0.166. The van der Waals surface area contributed by atoms with Crippen LogP contribution in [0.2, 0.25) is 0 Å². The van der Waals surface area contributed by atoms with Gasteiger partial charge in [0.1, 0.15) is 17.3 Å². The fraction of sp³-hybridized carbons (Fsp3) is 0.393. The van der Waals surface area contributed by atoms with Crippen LogP contribution in [0, 0.1) is 18.6 Å². The number of fused-ring (bicyclic) bond motifs is 1. The van der Waals surface area contributed by atoms with E-state index in [1.807, 2.05) is 25.3 Å². The van der Waals surface area contributed by atoms with Crippen LogP contribution in [0.25, 0.3) is 22.2 Å². The Labute approximate surface area is 215 Å². The van der Waals surface area contributed by atoms with Crippen molar-refractivity contribution < 1.29 is 8.78 Å². The zero-order valence-corrected chi connectivity index (χ0v) is 21.9. The lowest BCUT2D eigenvalue weighted by Crippen LogP contribution is -2.53. The van der Waals surface area contributed by atoms with Gasteiger partial charge in [-0.15, -0.1) is 0 Å². The maximum atomic E-state index is 15.0. The zero-order valence-electron chi connectivity index (χ0n) is 21.9. The van der Waals surface area contributed by atoms with Gasteiger partial charge in [0.05, 0.1) is 11.7 Å². The number of H-pyrrole nitrogens is 1. The Morgan fingerprint density at radius 1 is 1.05 bits per heavy atom. The van der Waals surface area contributed by atoms with Crippen LogP contribution in [0.3, 0.4) is 0 Å². The maximum absolute atomic E-state index is 15.0. The highest BCUT2D eigenvalue weighted by Crippen LogP contribution is 2.34. The number of aromatic amines is 1. The van der Waals surface area contributed by atoms with Gasteiger partial charge in [-0.05, 0) is 56.0 Å². The van der Waals surface area contributed by atoms with Gasteiger partial charge in [0.2, 0.25) is 5.95 Å². The van der Waals surface area contributed by atoms with Crippen molar-refractivity contribution in [3.05, 3.63) is 65.1 Å². The van der Waals surface area contributed by atoms with E-state index in [0.717, 1.165) is 48.0 Å². The quantitative estimate of drug-likeness (QED) is 0.314. The van der Waals surface area contributed by atoms with Gasteiger partial charge in [0, 0.05) is 54.6 Å². The van der Waals surface area contributed by atoms with Crippen LogP contribution in [0.15, 0.2) is 36.7 Å². The van der Waals surface area contributed by atoms with E-state index in [1.54, 1.807) is 6.07 Å². The molecular formula is C28H33F2N7. The summed E-state index contributed by atoms with van der Waals surface area (Å²) in [5.41, 5.74) is 3.84. The molecular weight excluding hydrogens is 472 g/mol. The molecule has 0 aliphatic carbocycles. The van der Waals surface area contributed by atoms with E-state index >= 15 is 0 Å². The molecule has 1 aromatic carbocycles. The summed E-state index contributed by atoms with van der Waals surface area (Å²) >= 11 is 0. The average molecular weight is 506 g/mol. The predicted molar refractivity (Wildman–Crippen MR) is 143 cm³/mol. The largest absolute Gasteiger partial charge is 0.356 e. The average Bonchev–Trinajstić information content (AvgIpc) is 3.17. The molecule has 37 heavy (non-hydrogen) atoms. The summed E-state index contributed by atoms with van der Waals surface area (Å²) in [6, 6.07) is 7.88. The van der Waals surface area contributed by atoms with Crippen molar-refractivity contribution in [2.24, 2.45) is 0 Å². The monoisotopic (exact) mass is 505 g/mol. The molecule has 3 N–H and O–H groups in total. The maximum Gasteiger partial charge on any atom is 0.229 e. The van der Waals surface area contributed by atoms with E-state index in [0.29, 0.717) is 29.0 Å². The van der Waals surface area contributed by atoms with E-state index < -0.39 is 11.6 Å². The molecule has 0 saturated carbocycles. The second-order valence-electron chi connectivity index (χ2n) is 10.4. The molecule has 0 radical (unpaired) electrons. The summed E-state index contributed by atoms with van der Waals surface area (Å²) in [7, 11) is 0. The Morgan fingerprint density at radius 2 is 1.81 bits per heavy atom. The summed E-state index contributed by atoms with van der Waals surface area (Å²) in [4.78, 5) is 18.5. The van der Waals surface area contributed by atoms with Gasteiger partial charge < -0.3 is 15.6 Å². The molecule has 0 amide bonds. The van der Waals surface area contributed by atoms with Crippen molar-refractivity contribution in [3.63, 3.8) is 0 Å². The van der Waals surface area contributed by atoms with Crippen molar-refractivity contribution in [1.29, 1.82) is 0 Å². The minimum atomic E-state index is -0.620. The second-order valence-corrected chi connectivity index (χ2v) is 10.4. The first-order chi connectivity index (χ1) is 17.7. The number of hydrogen-bond donors (Lipinski definition) is 3. The number of halogens is 2.